The van der Waals surface area contributed by atoms with E-state index < -0.39 is 11.9 Å². The molecule has 0 fully saturated rings. The fourth-order valence-electron chi connectivity index (χ4n) is 2.28. The number of hydrogen-bond acceptors (Lipinski definition) is 6. The number of benzene rings is 2. The quantitative estimate of drug-likeness (QED) is 0.197. The molecule has 0 unspecified atom stereocenters. The zero-order valence-electron chi connectivity index (χ0n) is 16.2. The lowest BCUT2D eigenvalue weighted by Crippen LogP contribution is -2.24. The maximum absolute atomic E-state index is 12.1. The van der Waals surface area contributed by atoms with Crippen molar-refractivity contribution in [2.75, 3.05) is 20.3 Å². The Morgan fingerprint density at radius 2 is 2.03 bits per heavy atom. The van der Waals surface area contributed by atoms with Crippen LogP contribution in [0.25, 0.3) is 6.08 Å². The number of carbonyl (C=O) groups excluding carboxylic acids is 2. The van der Waals surface area contributed by atoms with Gasteiger partial charge in [-0.3, -0.25) is 4.79 Å². The number of hydrogen-bond donors (Lipinski definition) is 1. The molecule has 0 saturated heterocycles. The smallest absolute Gasteiger partial charge is 0.349 e. The molecule has 2 aromatic carbocycles. The van der Waals surface area contributed by atoms with Crippen molar-refractivity contribution in [1.29, 1.82) is 5.26 Å². The molecule has 0 heterocycles. The van der Waals surface area contributed by atoms with Crippen LogP contribution in [0.1, 0.15) is 5.56 Å². The zero-order valence-corrected chi connectivity index (χ0v) is 17.8. The third kappa shape index (κ3) is 6.79. The van der Waals surface area contributed by atoms with E-state index in [2.05, 4.69) is 27.8 Å². The van der Waals surface area contributed by atoms with E-state index in [-0.39, 0.29) is 30.2 Å². The van der Waals surface area contributed by atoms with E-state index in [9.17, 15) is 14.9 Å². The minimum absolute atomic E-state index is 0.0777. The third-order valence-electron chi connectivity index (χ3n) is 3.65. The summed E-state index contributed by atoms with van der Waals surface area (Å²) in [5.41, 5.74) is 0.452. The van der Waals surface area contributed by atoms with E-state index in [1.807, 2.05) is 12.1 Å². The van der Waals surface area contributed by atoms with Gasteiger partial charge in [0.15, 0.2) is 18.1 Å². The van der Waals surface area contributed by atoms with Crippen LogP contribution in [0.2, 0.25) is 0 Å². The first-order valence-corrected chi connectivity index (χ1v) is 9.54. The van der Waals surface area contributed by atoms with E-state index in [1.165, 1.54) is 25.3 Å². The fourth-order valence-corrected chi connectivity index (χ4v) is 2.66. The maximum Gasteiger partial charge on any atom is 0.349 e. The van der Waals surface area contributed by atoms with Crippen LogP contribution in [0.3, 0.4) is 0 Å². The van der Waals surface area contributed by atoms with Crippen molar-refractivity contribution >= 4 is 33.9 Å². The van der Waals surface area contributed by atoms with E-state index in [4.69, 9.17) is 14.2 Å². The molecule has 0 spiro atoms. The molecule has 1 amide bonds. The second-order valence-electron chi connectivity index (χ2n) is 5.80. The summed E-state index contributed by atoms with van der Waals surface area (Å²) in [6.07, 6.45) is 2.92. The molecule has 0 radical (unpaired) electrons. The summed E-state index contributed by atoms with van der Waals surface area (Å²) in [7, 11) is 1.42. The average molecular weight is 471 g/mol. The molecule has 0 atom stereocenters. The number of ether oxygens (including phenoxy) is 3. The third-order valence-corrected chi connectivity index (χ3v) is 4.14. The summed E-state index contributed by atoms with van der Waals surface area (Å²) in [6, 6.07) is 13.6. The minimum Gasteiger partial charge on any atom is -0.493 e. The van der Waals surface area contributed by atoms with Crippen molar-refractivity contribution in [1.82, 2.24) is 5.32 Å². The second-order valence-corrected chi connectivity index (χ2v) is 6.71. The van der Waals surface area contributed by atoms with E-state index in [1.54, 1.807) is 30.3 Å². The SMILES string of the molecule is C=CCNC(=O)C(C#N)=Cc1ccc(OC(=O)COc2cccc(Br)c2)c(OC)c1. The molecule has 30 heavy (non-hydrogen) atoms. The molecule has 1 N–H and O–H groups in total. The summed E-state index contributed by atoms with van der Waals surface area (Å²) in [5.74, 6) is -0.155. The molecule has 0 aromatic heterocycles. The lowest BCUT2D eigenvalue weighted by Gasteiger charge is -2.11. The Hall–Kier alpha value is -3.57. The number of nitrogens with zero attached hydrogens (tertiary/aromatic N) is 1. The predicted octanol–water partition coefficient (Wildman–Crippen LogP) is 3.65. The minimum atomic E-state index is -0.613. The molecule has 7 nitrogen and oxygen atoms in total. The number of nitrogens with one attached hydrogen (secondary N) is 1. The largest absolute Gasteiger partial charge is 0.493 e. The fraction of sp³-hybridized carbons (Fsp3) is 0.136. The Bertz CT molecular complexity index is 1010. The van der Waals surface area contributed by atoms with Crippen molar-refractivity contribution < 1.29 is 23.8 Å². The maximum atomic E-state index is 12.1. The molecule has 0 aliphatic carbocycles. The molecule has 8 heteroatoms. The van der Waals surface area contributed by atoms with Gasteiger partial charge >= 0.3 is 5.97 Å². The summed E-state index contributed by atoms with van der Waals surface area (Å²) in [6.45, 7) is 3.47. The Kier molecular flexibility index (Phi) is 8.66. The van der Waals surface area contributed by atoms with Gasteiger partial charge in [0.05, 0.1) is 7.11 Å². The monoisotopic (exact) mass is 470 g/mol. The summed E-state index contributed by atoms with van der Waals surface area (Å²) in [4.78, 5) is 24.1. The van der Waals surface area contributed by atoms with Gasteiger partial charge in [-0.2, -0.15) is 5.26 Å². The van der Waals surface area contributed by atoms with E-state index in [0.29, 0.717) is 11.3 Å². The molecule has 2 aromatic rings. The molecular weight excluding hydrogens is 452 g/mol. The van der Waals surface area contributed by atoms with Gasteiger partial charge < -0.3 is 19.5 Å². The zero-order chi connectivity index (χ0) is 21.9. The lowest BCUT2D eigenvalue weighted by atomic mass is 10.1. The standard InChI is InChI=1S/C22H19BrN2O5/c1-3-9-25-22(27)16(13-24)10-15-7-8-19(20(11-15)28-2)30-21(26)14-29-18-6-4-5-17(23)12-18/h3-8,10-12H,1,9,14H2,2H3,(H,25,27). The van der Waals surface area contributed by atoms with Crippen LogP contribution in [0.5, 0.6) is 17.2 Å². The summed E-state index contributed by atoms with van der Waals surface area (Å²) in [5, 5.41) is 11.7. The van der Waals surface area contributed by atoms with Crippen LogP contribution in [0.15, 0.2) is 65.2 Å². The van der Waals surface area contributed by atoms with Crippen LogP contribution < -0.4 is 19.5 Å². The van der Waals surface area contributed by atoms with Crippen molar-refractivity contribution in [2.24, 2.45) is 0 Å². The van der Waals surface area contributed by atoms with Crippen LogP contribution in [0.4, 0.5) is 0 Å². The van der Waals surface area contributed by atoms with Crippen LogP contribution >= 0.6 is 15.9 Å². The molecule has 2 rings (SSSR count). The number of halogens is 1. The molecule has 0 saturated carbocycles. The van der Waals surface area contributed by atoms with Crippen LogP contribution in [0, 0.1) is 11.3 Å². The van der Waals surface area contributed by atoms with Crippen molar-refractivity contribution in [3.05, 3.63) is 70.7 Å². The van der Waals surface area contributed by atoms with Gasteiger partial charge in [0.1, 0.15) is 17.4 Å². The summed E-state index contributed by atoms with van der Waals surface area (Å²) >= 11 is 3.32. The number of nitriles is 1. The topological polar surface area (TPSA) is 97.7 Å². The van der Waals surface area contributed by atoms with Gasteiger partial charge in [-0.15, -0.1) is 6.58 Å². The van der Waals surface area contributed by atoms with Crippen LogP contribution in [-0.4, -0.2) is 32.1 Å². The lowest BCUT2D eigenvalue weighted by molar-refractivity contribution is -0.136. The average Bonchev–Trinajstić information content (AvgIpc) is 2.75. The molecule has 0 bridgehead atoms. The number of rotatable bonds is 9. The van der Waals surface area contributed by atoms with Gasteiger partial charge in [-0.1, -0.05) is 34.1 Å². The Morgan fingerprint density at radius 3 is 2.70 bits per heavy atom. The number of carbonyl (C=O) groups is 2. The van der Waals surface area contributed by atoms with E-state index in [0.717, 1.165) is 4.47 Å². The van der Waals surface area contributed by atoms with Crippen molar-refractivity contribution in [2.45, 2.75) is 0 Å². The van der Waals surface area contributed by atoms with Crippen molar-refractivity contribution in [3.8, 4) is 23.3 Å². The van der Waals surface area contributed by atoms with Gasteiger partial charge in [0, 0.05) is 11.0 Å². The number of esters is 1. The first-order chi connectivity index (χ1) is 14.5. The number of methoxy groups -OCH3 is 1. The van der Waals surface area contributed by atoms with Crippen LogP contribution in [-0.2, 0) is 9.59 Å². The molecule has 0 aliphatic heterocycles. The second kappa shape index (κ2) is 11.4. The summed E-state index contributed by atoms with van der Waals surface area (Å²) < 4.78 is 16.8. The van der Waals surface area contributed by atoms with Gasteiger partial charge in [0.25, 0.3) is 5.91 Å². The Morgan fingerprint density at radius 1 is 1.23 bits per heavy atom. The van der Waals surface area contributed by atoms with E-state index >= 15 is 0 Å². The van der Waals surface area contributed by atoms with Crippen molar-refractivity contribution in [3.63, 3.8) is 0 Å². The molecule has 0 aliphatic rings. The first kappa shape index (κ1) is 22.7. The first-order valence-electron chi connectivity index (χ1n) is 8.74. The number of amides is 1. The normalized spacial score (nSPS) is 10.5. The highest BCUT2D eigenvalue weighted by Gasteiger charge is 2.13. The molecular formula is C22H19BrN2O5. The van der Waals surface area contributed by atoms with Gasteiger partial charge in [-0.05, 0) is 42.0 Å². The highest BCUT2D eigenvalue weighted by atomic mass is 79.9. The highest BCUT2D eigenvalue weighted by Crippen LogP contribution is 2.29. The Labute approximate surface area is 182 Å². The molecule has 154 valence electrons. The Balaban J connectivity index is 2.08. The predicted molar refractivity (Wildman–Crippen MR) is 115 cm³/mol. The van der Waals surface area contributed by atoms with Gasteiger partial charge in [0.2, 0.25) is 0 Å². The van der Waals surface area contributed by atoms with Gasteiger partial charge in [-0.25, -0.2) is 4.79 Å². The highest BCUT2D eigenvalue weighted by molar-refractivity contribution is 9.10.